The van der Waals surface area contributed by atoms with E-state index in [4.69, 9.17) is 4.74 Å². The molecule has 2 rings (SSSR count). The van der Waals surface area contributed by atoms with Crippen molar-refractivity contribution in [3.8, 4) is 11.5 Å². The number of carbonyl (C=O) groups excluding carboxylic acids is 1. The molecule has 0 amide bonds. The number of hydrogen-bond donors (Lipinski definition) is 0. The molecule has 0 aromatic heterocycles. The zero-order chi connectivity index (χ0) is 13.7. The monoisotopic (exact) mass is 254 g/mol. The van der Waals surface area contributed by atoms with E-state index >= 15 is 0 Å². The molecular weight excluding hydrogens is 236 g/mol. The summed E-state index contributed by atoms with van der Waals surface area (Å²) in [5.41, 5.74) is 3.40. The van der Waals surface area contributed by atoms with Gasteiger partial charge in [-0.2, -0.15) is 0 Å². The van der Waals surface area contributed by atoms with Crippen LogP contribution in [0.4, 0.5) is 0 Å². The number of hydrogen-bond acceptors (Lipinski definition) is 2. The Morgan fingerprint density at radius 2 is 1.84 bits per heavy atom. The predicted octanol–water partition coefficient (Wildman–Crippen LogP) is 4.23. The quantitative estimate of drug-likeness (QED) is 0.746. The second kappa shape index (κ2) is 6.19. The van der Waals surface area contributed by atoms with Crippen molar-refractivity contribution in [3.63, 3.8) is 0 Å². The van der Waals surface area contributed by atoms with E-state index in [1.54, 1.807) is 0 Å². The van der Waals surface area contributed by atoms with Crippen LogP contribution in [0.5, 0.6) is 11.5 Å². The van der Waals surface area contributed by atoms with Gasteiger partial charge in [-0.3, -0.25) is 0 Å². The average Bonchev–Trinajstić information content (AvgIpc) is 2.41. The van der Waals surface area contributed by atoms with Crippen LogP contribution in [-0.4, -0.2) is 6.29 Å². The third-order valence-electron chi connectivity index (χ3n) is 3.05. The molecule has 0 atom stereocenters. The van der Waals surface area contributed by atoms with Gasteiger partial charge in [0.05, 0.1) is 0 Å². The third-order valence-corrected chi connectivity index (χ3v) is 3.05. The fourth-order valence-electron chi connectivity index (χ4n) is 2.06. The molecule has 98 valence electrons. The second-order valence-electron chi connectivity index (χ2n) is 4.68. The molecule has 2 nitrogen and oxygen atoms in total. The molecule has 0 unspecified atom stereocenters. The summed E-state index contributed by atoms with van der Waals surface area (Å²) in [5.74, 6) is 1.69. The van der Waals surface area contributed by atoms with Crippen molar-refractivity contribution in [1.82, 2.24) is 0 Å². The molecule has 0 radical (unpaired) electrons. The van der Waals surface area contributed by atoms with E-state index in [0.717, 1.165) is 28.9 Å². The first kappa shape index (κ1) is 13.3. The SMILES string of the molecule is Cc1ccc(Oc2ccccc2CCC=O)c(C)c1. The molecule has 0 N–H and O–H groups in total. The van der Waals surface area contributed by atoms with Gasteiger partial charge in [0.2, 0.25) is 0 Å². The summed E-state index contributed by atoms with van der Waals surface area (Å²) < 4.78 is 5.98. The third kappa shape index (κ3) is 3.44. The molecular formula is C17H18O2. The summed E-state index contributed by atoms with van der Waals surface area (Å²) in [6.45, 7) is 4.10. The van der Waals surface area contributed by atoms with Gasteiger partial charge in [-0.25, -0.2) is 0 Å². The van der Waals surface area contributed by atoms with Gasteiger partial charge in [-0.15, -0.1) is 0 Å². The lowest BCUT2D eigenvalue weighted by molar-refractivity contribution is -0.107. The average molecular weight is 254 g/mol. The molecule has 0 heterocycles. The lowest BCUT2D eigenvalue weighted by atomic mass is 10.1. The lowest BCUT2D eigenvalue weighted by Gasteiger charge is -2.12. The molecule has 19 heavy (non-hydrogen) atoms. The van der Waals surface area contributed by atoms with Crippen molar-refractivity contribution in [2.75, 3.05) is 0 Å². The smallest absolute Gasteiger partial charge is 0.130 e. The van der Waals surface area contributed by atoms with E-state index in [1.165, 1.54) is 5.56 Å². The van der Waals surface area contributed by atoms with E-state index < -0.39 is 0 Å². The van der Waals surface area contributed by atoms with Crippen molar-refractivity contribution in [2.45, 2.75) is 26.7 Å². The molecule has 0 aliphatic carbocycles. The molecule has 0 aliphatic heterocycles. The molecule has 2 aromatic carbocycles. The Morgan fingerprint density at radius 3 is 2.58 bits per heavy atom. The van der Waals surface area contributed by atoms with Gasteiger partial charge >= 0.3 is 0 Å². The Kier molecular flexibility index (Phi) is 4.35. The van der Waals surface area contributed by atoms with Crippen LogP contribution in [-0.2, 0) is 11.2 Å². The molecule has 2 aromatic rings. The molecule has 0 bridgehead atoms. The molecule has 0 spiro atoms. The van der Waals surface area contributed by atoms with Crippen molar-refractivity contribution < 1.29 is 9.53 Å². The van der Waals surface area contributed by atoms with Crippen molar-refractivity contribution in [3.05, 3.63) is 59.2 Å². The first-order valence-corrected chi connectivity index (χ1v) is 6.47. The van der Waals surface area contributed by atoms with Crippen LogP contribution >= 0.6 is 0 Å². The summed E-state index contributed by atoms with van der Waals surface area (Å²) in [7, 11) is 0. The van der Waals surface area contributed by atoms with Gasteiger partial charge in [-0.1, -0.05) is 35.9 Å². The van der Waals surface area contributed by atoms with Crippen LogP contribution in [0.15, 0.2) is 42.5 Å². The summed E-state index contributed by atoms with van der Waals surface area (Å²) in [4.78, 5) is 10.5. The zero-order valence-corrected chi connectivity index (χ0v) is 11.3. The minimum atomic E-state index is 0.521. The molecule has 0 fully saturated rings. The van der Waals surface area contributed by atoms with Gasteiger partial charge in [-0.05, 0) is 43.5 Å². The number of carbonyl (C=O) groups is 1. The number of benzene rings is 2. The van der Waals surface area contributed by atoms with Crippen LogP contribution in [0, 0.1) is 13.8 Å². The predicted molar refractivity (Wildman–Crippen MR) is 76.8 cm³/mol. The first-order valence-electron chi connectivity index (χ1n) is 6.47. The standard InChI is InChI=1S/C17H18O2/c1-13-9-10-16(14(2)12-13)19-17-8-4-3-6-15(17)7-5-11-18/h3-4,6,8-12H,5,7H2,1-2H3. The van der Waals surface area contributed by atoms with E-state index in [-0.39, 0.29) is 0 Å². The van der Waals surface area contributed by atoms with Crippen LogP contribution in [0.25, 0.3) is 0 Å². The summed E-state index contributed by atoms with van der Waals surface area (Å²) in [6.07, 6.45) is 2.17. The second-order valence-corrected chi connectivity index (χ2v) is 4.68. The van der Waals surface area contributed by atoms with E-state index in [9.17, 15) is 4.79 Å². The van der Waals surface area contributed by atoms with Crippen molar-refractivity contribution in [2.24, 2.45) is 0 Å². The summed E-state index contributed by atoms with van der Waals surface area (Å²) in [5, 5.41) is 0. The number of rotatable bonds is 5. The van der Waals surface area contributed by atoms with Gasteiger partial charge in [0.15, 0.2) is 0 Å². The highest BCUT2D eigenvalue weighted by Gasteiger charge is 2.06. The fourth-order valence-corrected chi connectivity index (χ4v) is 2.06. The lowest BCUT2D eigenvalue weighted by Crippen LogP contribution is -1.94. The number of aryl methyl sites for hydroxylation is 3. The number of ether oxygens (including phenoxy) is 1. The maximum absolute atomic E-state index is 10.5. The minimum absolute atomic E-state index is 0.521. The van der Waals surface area contributed by atoms with E-state index in [1.807, 2.05) is 43.3 Å². The number of para-hydroxylation sites is 1. The van der Waals surface area contributed by atoms with Gasteiger partial charge in [0.1, 0.15) is 17.8 Å². The Bertz CT molecular complexity index is 573. The summed E-state index contributed by atoms with van der Waals surface area (Å²) >= 11 is 0. The minimum Gasteiger partial charge on any atom is -0.457 e. The topological polar surface area (TPSA) is 26.3 Å². The Hall–Kier alpha value is -2.09. The largest absolute Gasteiger partial charge is 0.457 e. The summed E-state index contributed by atoms with van der Waals surface area (Å²) in [6, 6.07) is 14.0. The highest BCUT2D eigenvalue weighted by Crippen LogP contribution is 2.28. The van der Waals surface area contributed by atoms with Crippen LogP contribution in [0.2, 0.25) is 0 Å². The van der Waals surface area contributed by atoms with Gasteiger partial charge in [0, 0.05) is 6.42 Å². The zero-order valence-electron chi connectivity index (χ0n) is 11.3. The highest BCUT2D eigenvalue weighted by atomic mass is 16.5. The highest BCUT2D eigenvalue weighted by molar-refractivity contribution is 5.51. The molecule has 0 aliphatic rings. The maximum Gasteiger partial charge on any atom is 0.130 e. The Morgan fingerprint density at radius 1 is 1.05 bits per heavy atom. The van der Waals surface area contributed by atoms with Crippen molar-refractivity contribution in [1.29, 1.82) is 0 Å². The van der Waals surface area contributed by atoms with Gasteiger partial charge < -0.3 is 9.53 Å². The molecule has 0 saturated heterocycles. The molecule has 2 heteroatoms. The van der Waals surface area contributed by atoms with Gasteiger partial charge in [0.25, 0.3) is 0 Å². The first-order chi connectivity index (χ1) is 9.20. The maximum atomic E-state index is 10.5. The van der Waals surface area contributed by atoms with Crippen LogP contribution in [0.1, 0.15) is 23.1 Å². The number of aldehydes is 1. The Labute approximate surface area is 114 Å². The fraction of sp³-hybridized carbons (Fsp3) is 0.235. The van der Waals surface area contributed by atoms with Crippen LogP contribution < -0.4 is 4.74 Å². The van der Waals surface area contributed by atoms with Crippen molar-refractivity contribution >= 4 is 6.29 Å². The molecule has 0 saturated carbocycles. The van der Waals surface area contributed by atoms with E-state index in [2.05, 4.69) is 13.0 Å². The normalized spacial score (nSPS) is 10.2. The Balaban J connectivity index is 2.24. The van der Waals surface area contributed by atoms with Crippen LogP contribution in [0.3, 0.4) is 0 Å². The van der Waals surface area contributed by atoms with E-state index in [0.29, 0.717) is 12.8 Å².